The van der Waals surface area contributed by atoms with Gasteiger partial charge < -0.3 is 26.4 Å². The summed E-state index contributed by atoms with van der Waals surface area (Å²) in [4.78, 5) is 37.2. The fraction of sp³-hybridized carbons (Fsp3) is 0.469. The van der Waals surface area contributed by atoms with Gasteiger partial charge in [0.2, 0.25) is 27.8 Å². The second-order valence-corrected chi connectivity index (χ2v) is 15.3. The van der Waals surface area contributed by atoms with E-state index in [-0.39, 0.29) is 29.9 Å². The molecule has 0 radical (unpaired) electrons. The lowest BCUT2D eigenvalue weighted by Gasteiger charge is -2.23. The van der Waals surface area contributed by atoms with E-state index in [4.69, 9.17) is 22.1 Å². The number of carbonyl (C=O) groups is 2. The maximum atomic E-state index is 13.2. The number of alkyl halides is 3. The summed E-state index contributed by atoms with van der Waals surface area (Å²) < 4.78 is 70.9. The Morgan fingerprint density at radius 3 is 2.20 bits per heavy atom. The number of anilines is 3. The normalized spacial score (nSPS) is 17.2. The van der Waals surface area contributed by atoms with Crippen LogP contribution in [0.25, 0.3) is 0 Å². The van der Waals surface area contributed by atoms with E-state index < -0.39 is 57.0 Å². The first kappa shape index (κ1) is 37.0. The third kappa shape index (κ3) is 9.31. The molecular formula is C32H38ClF3N8O5S. The van der Waals surface area contributed by atoms with Crippen molar-refractivity contribution in [2.75, 3.05) is 23.8 Å². The number of nitrogens with two attached hydrogens (primary N) is 1. The van der Waals surface area contributed by atoms with Crippen molar-refractivity contribution in [1.29, 1.82) is 0 Å². The van der Waals surface area contributed by atoms with E-state index in [1.54, 1.807) is 12.1 Å². The molecule has 2 aliphatic rings. The third-order valence-corrected chi connectivity index (χ3v) is 11.2. The summed E-state index contributed by atoms with van der Waals surface area (Å²) in [5.74, 6) is -1.40. The van der Waals surface area contributed by atoms with E-state index in [0.717, 1.165) is 12.0 Å². The van der Waals surface area contributed by atoms with E-state index in [1.807, 2.05) is 26.0 Å². The number of nitrogens with zero attached hydrogens (tertiary/aromatic N) is 3. The fourth-order valence-electron chi connectivity index (χ4n) is 5.25. The molecule has 0 aliphatic heterocycles. The first-order valence-electron chi connectivity index (χ1n) is 16.0. The van der Waals surface area contributed by atoms with Gasteiger partial charge in [0.1, 0.15) is 4.75 Å². The minimum absolute atomic E-state index is 0.0282. The quantitative estimate of drug-likeness (QED) is 0.128. The van der Waals surface area contributed by atoms with Crippen molar-refractivity contribution in [2.24, 2.45) is 11.7 Å². The molecular weight excluding hydrogens is 701 g/mol. The van der Waals surface area contributed by atoms with Crippen LogP contribution < -0.4 is 31.1 Å². The van der Waals surface area contributed by atoms with Crippen molar-refractivity contribution >= 4 is 51.0 Å². The molecule has 270 valence electrons. The molecule has 18 heteroatoms. The Morgan fingerprint density at radius 1 is 1.00 bits per heavy atom. The van der Waals surface area contributed by atoms with Crippen molar-refractivity contribution in [1.82, 2.24) is 25.0 Å². The average Bonchev–Trinajstić information content (AvgIpc) is 3.99. The van der Waals surface area contributed by atoms with Crippen molar-refractivity contribution in [3.8, 4) is 6.01 Å². The number of carbonyl (C=O) groups excluding carboxylic acids is 2. The van der Waals surface area contributed by atoms with E-state index in [0.29, 0.717) is 42.8 Å². The Bertz CT molecular complexity index is 1810. The van der Waals surface area contributed by atoms with Crippen LogP contribution in [0.5, 0.6) is 6.01 Å². The predicted octanol–water partition coefficient (Wildman–Crippen LogP) is 4.78. The number of nitrogens with one attached hydrogen (secondary N) is 4. The lowest BCUT2D eigenvalue weighted by Crippen LogP contribution is -2.50. The zero-order chi connectivity index (χ0) is 36.3. The van der Waals surface area contributed by atoms with Crippen LogP contribution in [0.1, 0.15) is 68.3 Å². The van der Waals surface area contributed by atoms with Gasteiger partial charge in [-0.15, -0.1) is 0 Å². The number of benzene rings is 2. The van der Waals surface area contributed by atoms with Crippen LogP contribution in [0.3, 0.4) is 0 Å². The Labute approximate surface area is 292 Å². The Kier molecular flexibility index (Phi) is 10.8. The number of ether oxygens (including phenoxy) is 1. The van der Waals surface area contributed by atoms with Gasteiger partial charge in [0.05, 0.1) is 11.6 Å². The van der Waals surface area contributed by atoms with Crippen LogP contribution >= 0.6 is 11.6 Å². The van der Waals surface area contributed by atoms with Gasteiger partial charge in [-0.1, -0.05) is 44.0 Å². The number of hydrogen-bond acceptors (Lipinski definition) is 11. The molecule has 13 nitrogen and oxygen atoms in total. The maximum absolute atomic E-state index is 13.2. The van der Waals surface area contributed by atoms with Gasteiger partial charge >= 0.3 is 12.2 Å². The Hall–Kier alpha value is -4.22. The average molecular weight is 739 g/mol. The second kappa shape index (κ2) is 14.6. The fourth-order valence-corrected chi connectivity index (χ4v) is 6.87. The molecule has 2 amide bonds. The molecule has 2 saturated carbocycles. The molecule has 1 aromatic heterocycles. The van der Waals surface area contributed by atoms with Crippen LogP contribution in [0, 0.1) is 5.92 Å². The Morgan fingerprint density at radius 2 is 1.64 bits per heavy atom. The van der Waals surface area contributed by atoms with Crippen LogP contribution in [-0.4, -0.2) is 65.3 Å². The number of hydrogen-bond donors (Lipinski definition) is 5. The molecule has 2 aliphatic carbocycles. The molecule has 2 atom stereocenters. The van der Waals surface area contributed by atoms with Crippen molar-refractivity contribution in [3.05, 3.63) is 64.7 Å². The van der Waals surface area contributed by atoms with Crippen molar-refractivity contribution in [3.63, 3.8) is 0 Å². The smallest absolute Gasteiger partial charge is 0.422 e. The first-order chi connectivity index (χ1) is 23.5. The van der Waals surface area contributed by atoms with Crippen molar-refractivity contribution < 1.29 is 35.9 Å². The minimum Gasteiger partial charge on any atom is -0.454 e. The number of sulfonamides is 1. The highest BCUT2D eigenvalue weighted by atomic mass is 35.5. The van der Waals surface area contributed by atoms with E-state index in [9.17, 15) is 31.2 Å². The molecule has 0 spiro atoms. The summed E-state index contributed by atoms with van der Waals surface area (Å²) in [6.07, 6.45) is -1.31. The van der Waals surface area contributed by atoms with Gasteiger partial charge in [-0.25, -0.2) is 13.1 Å². The van der Waals surface area contributed by atoms with Gasteiger partial charge in [0, 0.05) is 22.8 Å². The van der Waals surface area contributed by atoms with E-state index in [2.05, 4.69) is 35.6 Å². The lowest BCUT2D eigenvalue weighted by molar-refractivity contribution is -0.154. The van der Waals surface area contributed by atoms with E-state index in [1.165, 1.54) is 24.3 Å². The van der Waals surface area contributed by atoms with Crippen LogP contribution in [0.15, 0.2) is 48.5 Å². The summed E-state index contributed by atoms with van der Waals surface area (Å²) in [5, 5.41) is 9.57. The second-order valence-electron chi connectivity index (χ2n) is 12.8. The highest BCUT2D eigenvalue weighted by molar-refractivity contribution is 7.91. The zero-order valence-corrected chi connectivity index (χ0v) is 28.9. The number of rotatable bonds is 17. The Balaban J connectivity index is 1.26. The van der Waals surface area contributed by atoms with Gasteiger partial charge in [-0.2, -0.15) is 28.1 Å². The topological polar surface area (TPSA) is 190 Å². The van der Waals surface area contributed by atoms with Crippen LogP contribution in [0.2, 0.25) is 5.02 Å². The standard InChI is InChI=1S/C32H38ClF3N8O5S/c1-3-19(2)16-24(25(37)45)38-17-30(12-13-30)50(47,48)44-26(46)20-4-10-23(11-5-20)39-27-40-28(42-29(41-27)49-18-32(34,35)36)43-31(14-15-31)21-6-8-22(33)9-7-21/h4-11,19,24,38H,3,12-18H2,1-2H3,(H2,37,45)(H,44,46)(H2,39,40,41,42,43)/t19-,24?/m0/s1. The summed E-state index contributed by atoms with van der Waals surface area (Å²) in [6.45, 7) is 2.29. The summed E-state index contributed by atoms with van der Waals surface area (Å²) in [7, 11) is -4.13. The molecule has 2 aromatic carbocycles. The van der Waals surface area contributed by atoms with Crippen molar-refractivity contribution in [2.45, 2.75) is 74.9 Å². The summed E-state index contributed by atoms with van der Waals surface area (Å²) in [6, 6.07) is 11.5. The molecule has 0 bridgehead atoms. The monoisotopic (exact) mass is 738 g/mol. The molecule has 6 N–H and O–H groups in total. The molecule has 5 rings (SSSR count). The number of aromatic nitrogens is 3. The molecule has 1 heterocycles. The molecule has 50 heavy (non-hydrogen) atoms. The lowest BCUT2D eigenvalue weighted by atomic mass is 9.99. The van der Waals surface area contributed by atoms with Gasteiger partial charge in [0.25, 0.3) is 5.91 Å². The van der Waals surface area contributed by atoms with Gasteiger partial charge in [-0.05, 0) is 80.0 Å². The largest absolute Gasteiger partial charge is 0.454 e. The molecule has 3 aromatic rings. The highest BCUT2D eigenvalue weighted by Crippen LogP contribution is 2.48. The SMILES string of the molecule is CC[C@H](C)CC(NCC1(S(=O)(=O)NC(=O)c2ccc(Nc3nc(NC4(c5ccc(Cl)cc5)CC4)nc(OCC(F)(F)F)n3)cc2)CC1)C(N)=O. The van der Waals surface area contributed by atoms with Gasteiger partial charge in [-0.3, -0.25) is 9.59 Å². The molecule has 0 saturated heterocycles. The molecule has 2 fully saturated rings. The highest BCUT2D eigenvalue weighted by Gasteiger charge is 2.55. The van der Waals surface area contributed by atoms with Crippen LogP contribution in [0.4, 0.5) is 30.8 Å². The van der Waals surface area contributed by atoms with E-state index >= 15 is 0 Å². The summed E-state index contributed by atoms with van der Waals surface area (Å²) in [5.41, 5.74) is 6.23. The molecule has 1 unspecified atom stereocenters. The maximum Gasteiger partial charge on any atom is 0.422 e. The first-order valence-corrected chi connectivity index (χ1v) is 17.8. The zero-order valence-electron chi connectivity index (χ0n) is 27.3. The number of primary amides is 1. The van der Waals surface area contributed by atoms with Crippen LogP contribution in [-0.2, 0) is 20.4 Å². The van der Waals surface area contributed by atoms with Gasteiger partial charge in [0.15, 0.2) is 6.61 Å². The predicted molar refractivity (Wildman–Crippen MR) is 180 cm³/mol. The minimum atomic E-state index is -4.63. The third-order valence-electron chi connectivity index (χ3n) is 8.83. The number of amides is 2. The summed E-state index contributed by atoms with van der Waals surface area (Å²) >= 11 is 6.02. The number of halogens is 4.